The minimum absolute atomic E-state index is 0.0799. The van der Waals surface area contributed by atoms with Gasteiger partial charge < -0.3 is 10.1 Å². The van der Waals surface area contributed by atoms with Crippen molar-refractivity contribution in [1.29, 1.82) is 0 Å². The Bertz CT molecular complexity index is 674. The summed E-state index contributed by atoms with van der Waals surface area (Å²) in [5, 5.41) is 6.79. The second-order valence-corrected chi connectivity index (χ2v) is 4.91. The van der Waals surface area contributed by atoms with E-state index in [1.807, 2.05) is 13.8 Å². The Hall–Kier alpha value is -2.63. The monoisotopic (exact) mass is 301 g/mol. The Kier molecular flexibility index (Phi) is 4.93. The lowest BCUT2D eigenvalue weighted by Gasteiger charge is -2.07. The lowest BCUT2D eigenvalue weighted by Crippen LogP contribution is -2.20. The molecule has 0 fully saturated rings. The fourth-order valence-electron chi connectivity index (χ4n) is 1.90. The molecule has 6 nitrogen and oxygen atoms in total. The number of rotatable bonds is 6. The lowest BCUT2D eigenvalue weighted by molar-refractivity contribution is -0.118. The van der Waals surface area contributed by atoms with Crippen molar-refractivity contribution < 1.29 is 14.3 Å². The molecule has 1 heterocycles. The van der Waals surface area contributed by atoms with Gasteiger partial charge in [0.1, 0.15) is 5.75 Å². The summed E-state index contributed by atoms with van der Waals surface area (Å²) in [5.41, 5.74) is 2.18. The number of ether oxygens (including phenoxy) is 1. The average Bonchev–Trinajstić information content (AvgIpc) is 2.84. The largest absolute Gasteiger partial charge is 0.484 e. The first-order valence-electron chi connectivity index (χ1n) is 7.05. The van der Waals surface area contributed by atoms with E-state index in [1.54, 1.807) is 42.2 Å². The molecule has 2 aromatic rings. The third-order valence-corrected chi connectivity index (χ3v) is 3.38. The van der Waals surface area contributed by atoms with Gasteiger partial charge in [-0.05, 0) is 31.2 Å². The lowest BCUT2D eigenvalue weighted by atomic mass is 10.1. The van der Waals surface area contributed by atoms with Gasteiger partial charge in [-0.25, -0.2) is 0 Å². The standard InChI is InChI=1S/C16H19N3O3/c1-4-15(20)12-5-7-13(8-6-12)22-10-16(21)18-14-9-17-19(3)11(14)2/h5-9H,4,10H2,1-3H3,(H,18,21). The number of hydrogen-bond donors (Lipinski definition) is 1. The number of carbonyl (C=O) groups excluding carboxylic acids is 2. The molecule has 22 heavy (non-hydrogen) atoms. The fourth-order valence-corrected chi connectivity index (χ4v) is 1.90. The topological polar surface area (TPSA) is 73.2 Å². The molecule has 0 spiro atoms. The zero-order valence-corrected chi connectivity index (χ0v) is 12.9. The van der Waals surface area contributed by atoms with Crippen molar-refractivity contribution in [2.45, 2.75) is 20.3 Å². The molecule has 0 atom stereocenters. The van der Waals surface area contributed by atoms with Gasteiger partial charge in [-0.3, -0.25) is 14.3 Å². The van der Waals surface area contributed by atoms with Crippen molar-refractivity contribution in [2.75, 3.05) is 11.9 Å². The van der Waals surface area contributed by atoms with Gasteiger partial charge in [0.05, 0.1) is 17.6 Å². The van der Waals surface area contributed by atoms with E-state index in [9.17, 15) is 9.59 Å². The second-order valence-electron chi connectivity index (χ2n) is 4.91. The minimum atomic E-state index is -0.259. The molecule has 0 saturated carbocycles. The van der Waals surface area contributed by atoms with E-state index in [1.165, 1.54) is 0 Å². The van der Waals surface area contributed by atoms with Crippen LogP contribution in [0.25, 0.3) is 0 Å². The van der Waals surface area contributed by atoms with Crippen LogP contribution in [0.4, 0.5) is 5.69 Å². The van der Waals surface area contributed by atoms with Gasteiger partial charge in [-0.15, -0.1) is 0 Å². The van der Waals surface area contributed by atoms with Crippen LogP contribution < -0.4 is 10.1 Å². The van der Waals surface area contributed by atoms with E-state index in [0.29, 0.717) is 23.4 Å². The first-order chi connectivity index (χ1) is 10.5. The highest BCUT2D eigenvalue weighted by Crippen LogP contribution is 2.14. The van der Waals surface area contributed by atoms with E-state index in [-0.39, 0.29) is 18.3 Å². The quantitative estimate of drug-likeness (QED) is 0.831. The summed E-state index contributed by atoms with van der Waals surface area (Å²) < 4.78 is 7.08. The molecule has 1 N–H and O–H groups in total. The van der Waals surface area contributed by atoms with Gasteiger partial charge in [0.15, 0.2) is 12.4 Å². The summed E-state index contributed by atoms with van der Waals surface area (Å²) in [4.78, 5) is 23.4. The van der Waals surface area contributed by atoms with Crippen LogP contribution in [0.2, 0.25) is 0 Å². The van der Waals surface area contributed by atoms with Crippen LogP contribution in [0.5, 0.6) is 5.75 Å². The predicted molar refractivity (Wildman–Crippen MR) is 83.1 cm³/mol. The van der Waals surface area contributed by atoms with Crippen LogP contribution in [0.3, 0.4) is 0 Å². The number of benzene rings is 1. The predicted octanol–water partition coefficient (Wildman–Crippen LogP) is 2.34. The van der Waals surface area contributed by atoms with Crippen LogP contribution >= 0.6 is 0 Å². The smallest absolute Gasteiger partial charge is 0.262 e. The maximum atomic E-state index is 11.8. The number of hydrogen-bond acceptors (Lipinski definition) is 4. The van der Waals surface area contributed by atoms with Gasteiger partial charge in [0.2, 0.25) is 0 Å². The molecule has 2 rings (SSSR count). The van der Waals surface area contributed by atoms with Gasteiger partial charge in [0.25, 0.3) is 5.91 Å². The molecule has 0 unspecified atom stereocenters. The summed E-state index contributed by atoms with van der Waals surface area (Å²) in [5.74, 6) is 0.367. The molecule has 1 aromatic carbocycles. The molecule has 0 aliphatic rings. The Morgan fingerprint density at radius 2 is 1.95 bits per heavy atom. The molecule has 0 radical (unpaired) electrons. The number of anilines is 1. The minimum Gasteiger partial charge on any atom is -0.484 e. The van der Waals surface area contributed by atoms with Gasteiger partial charge in [0, 0.05) is 19.0 Å². The Morgan fingerprint density at radius 3 is 2.50 bits per heavy atom. The summed E-state index contributed by atoms with van der Waals surface area (Å²) in [6.07, 6.45) is 2.06. The molecular weight excluding hydrogens is 282 g/mol. The Morgan fingerprint density at radius 1 is 1.27 bits per heavy atom. The average molecular weight is 301 g/mol. The van der Waals surface area contributed by atoms with Crippen molar-refractivity contribution in [3.63, 3.8) is 0 Å². The number of carbonyl (C=O) groups is 2. The van der Waals surface area contributed by atoms with Crippen molar-refractivity contribution in [2.24, 2.45) is 7.05 Å². The van der Waals surface area contributed by atoms with E-state index < -0.39 is 0 Å². The van der Waals surface area contributed by atoms with Crippen LogP contribution in [-0.2, 0) is 11.8 Å². The molecule has 1 amide bonds. The third-order valence-electron chi connectivity index (χ3n) is 3.38. The molecule has 6 heteroatoms. The second kappa shape index (κ2) is 6.89. The Balaban J connectivity index is 1.88. The molecule has 116 valence electrons. The van der Waals surface area contributed by atoms with E-state index in [4.69, 9.17) is 4.74 Å². The molecular formula is C16H19N3O3. The summed E-state index contributed by atoms with van der Waals surface area (Å²) >= 11 is 0. The van der Waals surface area contributed by atoms with Crippen LogP contribution in [0, 0.1) is 6.92 Å². The summed E-state index contributed by atoms with van der Waals surface area (Å²) in [6, 6.07) is 6.77. The zero-order chi connectivity index (χ0) is 16.1. The zero-order valence-electron chi connectivity index (χ0n) is 12.9. The van der Waals surface area contributed by atoms with E-state index in [0.717, 1.165) is 5.69 Å². The van der Waals surface area contributed by atoms with Crippen molar-refractivity contribution in [3.8, 4) is 5.75 Å². The van der Waals surface area contributed by atoms with Gasteiger partial charge in [-0.2, -0.15) is 5.10 Å². The Labute approximate surface area is 129 Å². The molecule has 0 saturated heterocycles. The third kappa shape index (κ3) is 3.72. The summed E-state index contributed by atoms with van der Waals surface area (Å²) in [6.45, 7) is 3.58. The maximum absolute atomic E-state index is 11.8. The fraction of sp³-hybridized carbons (Fsp3) is 0.312. The van der Waals surface area contributed by atoms with Crippen LogP contribution in [-0.4, -0.2) is 28.1 Å². The number of nitrogens with one attached hydrogen (secondary N) is 1. The first-order valence-corrected chi connectivity index (χ1v) is 7.05. The maximum Gasteiger partial charge on any atom is 0.262 e. The van der Waals surface area contributed by atoms with E-state index in [2.05, 4.69) is 10.4 Å². The SMILES string of the molecule is CCC(=O)c1ccc(OCC(=O)Nc2cnn(C)c2C)cc1. The summed E-state index contributed by atoms with van der Waals surface area (Å²) in [7, 11) is 1.81. The van der Waals surface area contributed by atoms with E-state index >= 15 is 0 Å². The highest BCUT2D eigenvalue weighted by atomic mass is 16.5. The first kappa shape index (κ1) is 15.8. The van der Waals surface area contributed by atoms with Gasteiger partial charge in [-0.1, -0.05) is 6.92 Å². The highest BCUT2D eigenvalue weighted by Gasteiger charge is 2.09. The number of nitrogens with zero attached hydrogens (tertiary/aromatic N) is 2. The van der Waals surface area contributed by atoms with Crippen molar-refractivity contribution in [3.05, 3.63) is 41.7 Å². The normalized spacial score (nSPS) is 10.3. The molecule has 1 aromatic heterocycles. The number of amides is 1. The number of aromatic nitrogens is 2. The van der Waals surface area contributed by atoms with Crippen LogP contribution in [0.15, 0.2) is 30.5 Å². The van der Waals surface area contributed by atoms with Crippen molar-refractivity contribution in [1.82, 2.24) is 9.78 Å². The number of aryl methyl sites for hydroxylation is 1. The molecule has 0 bridgehead atoms. The molecule has 0 aliphatic heterocycles. The van der Waals surface area contributed by atoms with Crippen LogP contribution in [0.1, 0.15) is 29.4 Å². The van der Waals surface area contributed by atoms with Gasteiger partial charge >= 0.3 is 0 Å². The number of ketones is 1. The number of Topliss-reactive ketones (excluding diaryl/α,β-unsaturated/α-hetero) is 1. The molecule has 0 aliphatic carbocycles. The highest BCUT2D eigenvalue weighted by molar-refractivity contribution is 5.96. The van der Waals surface area contributed by atoms with Crippen molar-refractivity contribution >= 4 is 17.4 Å².